The Morgan fingerprint density at radius 3 is 2.90 bits per heavy atom. The van der Waals surface area contributed by atoms with Gasteiger partial charge < -0.3 is 15.1 Å². The molecule has 7 nitrogen and oxygen atoms in total. The highest BCUT2D eigenvalue weighted by Gasteiger charge is 2.28. The molecule has 1 aromatic carbocycles. The van der Waals surface area contributed by atoms with Gasteiger partial charge in [0, 0.05) is 43.3 Å². The Kier molecular flexibility index (Phi) is 6.92. The maximum absolute atomic E-state index is 12.9. The Morgan fingerprint density at radius 2 is 2.10 bits per heavy atom. The van der Waals surface area contributed by atoms with Crippen LogP contribution in [-0.2, 0) is 13.1 Å². The zero-order valence-corrected chi connectivity index (χ0v) is 18.8. The van der Waals surface area contributed by atoms with Crippen LogP contribution in [0.3, 0.4) is 0 Å². The van der Waals surface area contributed by atoms with Gasteiger partial charge in [0.2, 0.25) is 0 Å². The fraction of sp³-hybridized carbons (Fsp3) is 0.522. The van der Waals surface area contributed by atoms with Crippen molar-refractivity contribution < 1.29 is 9.59 Å². The number of nitrogens with one attached hydrogen (secondary N) is 1. The van der Waals surface area contributed by atoms with Crippen LogP contribution in [0.15, 0.2) is 30.3 Å². The number of nitrogens with zero attached hydrogens (tertiary/aromatic N) is 4. The normalized spacial score (nSPS) is 19.4. The van der Waals surface area contributed by atoms with Gasteiger partial charge in [-0.2, -0.15) is 5.10 Å². The molecule has 4 rings (SSSR count). The Labute approximate surface area is 188 Å². The molecule has 2 amide bonds. The molecule has 2 aromatic rings. The van der Waals surface area contributed by atoms with Crippen LogP contribution < -0.4 is 5.32 Å². The lowest BCUT2D eigenvalue weighted by Gasteiger charge is -2.33. The number of amides is 2. The molecule has 3 heterocycles. The van der Waals surface area contributed by atoms with Crippen molar-refractivity contribution in [2.75, 3.05) is 26.2 Å². The molecule has 2 aliphatic rings. The molecule has 1 saturated heterocycles. The smallest absolute Gasteiger partial charge is 0.272 e. The molecular weight excluding hydrogens is 414 g/mol. The molecule has 8 heteroatoms. The van der Waals surface area contributed by atoms with Gasteiger partial charge in [0.25, 0.3) is 11.8 Å². The van der Waals surface area contributed by atoms with Gasteiger partial charge in [-0.15, -0.1) is 0 Å². The van der Waals surface area contributed by atoms with Crippen LogP contribution in [0.4, 0.5) is 0 Å². The lowest BCUT2D eigenvalue weighted by molar-refractivity contribution is 0.0683. The van der Waals surface area contributed by atoms with Crippen molar-refractivity contribution in [3.05, 3.63) is 52.3 Å². The van der Waals surface area contributed by atoms with E-state index in [-0.39, 0.29) is 11.8 Å². The van der Waals surface area contributed by atoms with Crippen LogP contribution in [0.5, 0.6) is 0 Å². The number of hydrogen-bond donors (Lipinski definition) is 1. The van der Waals surface area contributed by atoms with E-state index in [9.17, 15) is 9.59 Å². The molecule has 0 saturated carbocycles. The molecule has 0 spiro atoms. The molecule has 0 unspecified atom stereocenters. The summed E-state index contributed by atoms with van der Waals surface area (Å²) in [6.07, 6.45) is 4.75. The predicted molar refractivity (Wildman–Crippen MR) is 120 cm³/mol. The molecule has 0 bridgehead atoms. The van der Waals surface area contributed by atoms with E-state index in [1.807, 2.05) is 24.3 Å². The minimum Gasteiger partial charge on any atom is -0.351 e. The van der Waals surface area contributed by atoms with Crippen LogP contribution in [0.25, 0.3) is 0 Å². The Balaban J connectivity index is 1.30. The number of hydrogen-bond acceptors (Lipinski definition) is 4. The highest BCUT2D eigenvalue weighted by atomic mass is 35.5. The number of likely N-dealkylation sites (tertiary alicyclic amines) is 1. The Bertz CT molecular complexity index is 944. The average Bonchev–Trinajstić information content (AvgIpc) is 3.20. The molecule has 1 aromatic heterocycles. The van der Waals surface area contributed by atoms with Gasteiger partial charge in [-0.25, -0.2) is 0 Å². The fourth-order valence-corrected chi connectivity index (χ4v) is 4.63. The van der Waals surface area contributed by atoms with E-state index in [2.05, 4.69) is 22.2 Å². The molecule has 0 aliphatic carbocycles. The van der Waals surface area contributed by atoms with Gasteiger partial charge >= 0.3 is 0 Å². The summed E-state index contributed by atoms with van der Waals surface area (Å²) in [5.41, 5.74) is 1.75. The average molecular weight is 444 g/mol. The van der Waals surface area contributed by atoms with Gasteiger partial charge in [0.05, 0.1) is 6.54 Å². The first-order chi connectivity index (χ1) is 15.0. The van der Waals surface area contributed by atoms with E-state index in [1.54, 1.807) is 15.6 Å². The lowest BCUT2D eigenvalue weighted by atomic mass is 10.0. The zero-order valence-electron chi connectivity index (χ0n) is 18.0. The van der Waals surface area contributed by atoms with E-state index in [1.165, 1.54) is 19.3 Å². The summed E-state index contributed by atoms with van der Waals surface area (Å²) in [4.78, 5) is 29.7. The van der Waals surface area contributed by atoms with Crippen molar-refractivity contribution in [1.29, 1.82) is 0 Å². The first-order valence-corrected chi connectivity index (χ1v) is 11.5. The molecule has 1 atom stereocenters. The SMILES string of the molecule is C[C@H]1CCCCN1CCCNC(=O)c1cc2n(n1)CCN(Cc1cccc(Cl)c1)C2=O. The minimum absolute atomic E-state index is 0.114. The van der Waals surface area contributed by atoms with Gasteiger partial charge in [-0.05, 0) is 50.4 Å². The van der Waals surface area contributed by atoms with Gasteiger partial charge in [-0.3, -0.25) is 14.3 Å². The second kappa shape index (κ2) is 9.83. The van der Waals surface area contributed by atoms with E-state index in [0.717, 1.165) is 25.1 Å². The van der Waals surface area contributed by atoms with Gasteiger partial charge in [0.1, 0.15) is 5.69 Å². The van der Waals surface area contributed by atoms with Crippen molar-refractivity contribution in [2.45, 2.75) is 51.7 Å². The second-order valence-corrected chi connectivity index (χ2v) is 8.92. The highest BCUT2D eigenvalue weighted by Crippen LogP contribution is 2.19. The third-order valence-electron chi connectivity index (χ3n) is 6.21. The third kappa shape index (κ3) is 5.28. The van der Waals surface area contributed by atoms with Crippen molar-refractivity contribution in [3.63, 3.8) is 0 Å². The summed E-state index contributed by atoms with van der Waals surface area (Å²) < 4.78 is 1.64. The second-order valence-electron chi connectivity index (χ2n) is 8.48. The summed E-state index contributed by atoms with van der Waals surface area (Å²) in [5.74, 6) is -0.334. The summed E-state index contributed by atoms with van der Waals surface area (Å²) in [6.45, 7) is 6.64. The maximum atomic E-state index is 12.9. The molecule has 1 fully saturated rings. The van der Waals surface area contributed by atoms with Crippen molar-refractivity contribution in [2.24, 2.45) is 0 Å². The number of rotatable bonds is 7. The molecule has 0 radical (unpaired) electrons. The lowest BCUT2D eigenvalue weighted by Crippen LogP contribution is -2.39. The zero-order chi connectivity index (χ0) is 21.8. The van der Waals surface area contributed by atoms with E-state index >= 15 is 0 Å². The Morgan fingerprint density at radius 1 is 1.23 bits per heavy atom. The topological polar surface area (TPSA) is 70.5 Å². The molecule has 1 N–H and O–H groups in total. The van der Waals surface area contributed by atoms with Crippen molar-refractivity contribution in [1.82, 2.24) is 24.9 Å². The fourth-order valence-electron chi connectivity index (χ4n) is 4.42. The van der Waals surface area contributed by atoms with Crippen LogP contribution in [0.1, 0.15) is 59.1 Å². The first-order valence-electron chi connectivity index (χ1n) is 11.1. The number of benzene rings is 1. The van der Waals surface area contributed by atoms with Crippen LogP contribution in [-0.4, -0.2) is 63.6 Å². The van der Waals surface area contributed by atoms with Crippen LogP contribution in [0, 0.1) is 0 Å². The van der Waals surface area contributed by atoms with E-state index < -0.39 is 0 Å². The van der Waals surface area contributed by atoms with Gasteiger partial charge in [-0.1, -0.05) is 30.2 Å². The third-order valence-corrected chi connectivity index (χ3v) is 6.45. The van der Waals surface area contributed by atoms with Gasteiger partial charge in [0.15, 0.2) is 5.69 Å². The summed E-state index contributed by atoms with van der Waals surface area (Å²) in [6, 6.07) is 9.75. The quantitative estimate of drug-likeness (QED) is 0.667. The summed E-state index contributed by atoms with van der Waals surface area (Å²) in [5, 5.41) is 7.97. The Hall–Kier alpha value is -2.38. The summed E-state index contributed by atoms with van der Waals surface area (Å²) >= 11 is 6.06. The van der Waals surface area contributed by atoms with Crippen LogP contribution in [0.2, 0.25) is 5.02 Å². The number of halogens is 1. The first kappa shape index (κ1) is 21.8. The largest absolute Gasteiger partial charge is 0.351 e. The number of aromatic nitrogens is 2. The number of fused-ring (bicyclic) bond motifs is 1. The maximum Gasteiger partial charge on any atom is 0.272 e. The number of carbonyl (C=O) groups excluding carboxylic acids is 2. The predicted octanol–water partition coefficient (Wildman–Crippen LogP) is 3.19. The molecule has 166 valence electrons. The summed E-state index contributed by atoms with van der Waals surface area (Å²) in [7, 11) is 0. The standard InChI is InChI=1S/C23H30ClN5O2/c1-17-6-2-3-10-27(17)11-5-9-25-22(30)20-15-21-23(31)28(12-13-29(21)26-20)16-18-7-4-8-19(24)14-18/h4,7-8,14-15,17H,2-3,5-6,9-13,16H2,1H3,(H,25,30)/t17-/m0/s1. The van der Waals surface area contributed by atoms with E-state index in [0.29, 0.717) is 48.6 Å². The minimum atomic E-state index is -0.220. The van der Waals surface area contributed by atoms with Crippen molar-refractivity contribution in [3.8, 4) is 0 Å². The number of piperidine rings is 1. The van der Waals surface area contributed by atoms with Crippen molar-refractivity contribution >= 4 is 23.4 Å². The van der Waals surface area contributed by atoms with Crippen LogP contribution >= 0.6 is 11.6 Å². The molecule has 31 heavy (non-hydrogen) atoms. The van der Waals surface area contributed by atoms with E-state index in [4.69, 9.17) is 11.6 Å². The monoisotopic (exact) mass is 443 g/mol. The molecular formula is C23H30ClN5O2. The number of carbonyl (C=O) groups is 2. The highest BCUT2D eigenvalue weighted by molar-refractivity contribution is 6.30. The molecule has 2 aliphatic heterocycles.